The molecule has 1 aromatic carbocycles. The number of carbonyl (C=O) groups is 3. The van der Waals surface area contributed by atoms with Gasteiger partial charge in [-0.05, 0) is 30.2 Å². The zero-order valence-electron chi connectivity index (χ0n) is 16.5. The van der Waals surface area contributed by atoms with Crippen LogP contribution in [0.5, 0.6) is 5.88 Å². The maximum Gasteiger partial charge on any atom is 0.276 e. The summed E-state index contributed by atoms with van der Waals surface area (Å²) >= 11 is 0. The zero-order chi connectivity index (χ0) is 21.5. The van der Waals surface area contributed by atoms with E-state index in [9.17, 15) is 14.4 Å². The second kappa shape index (κ2) is 7.31. The maximum absolute atomic E-state index is 12.8. The summed E-state index contributed by atoms with van der Waals surface area (Å²) in [5.74, 6) is 0.0506. The van der Waals surface area contributed by atoms with Gasteiger partial charge in [-0.3, -0.25) is 19.7 Å². The van der Waals surface area contributed by atoms with Crippen LogP contribution in [0.1, 0.15) is 28.8 Å². The molecule has 2 aromatic heterocycles. The molecule has 1 atom stereocenters. The summed E-state index contributed by atoms with van der Waals surface area (Å²) in [6, 6.07) is 9.81. The van der Waals surface area contributed by atoms with E-state index in [0.717, 1.165) is 5.56 Å². The zero-order valence-corrected chi connectivity index (χ0v) is 16.5. The average molecular weight is 419 g/mol. The summed E-state index contributed by atoms with van der Waals surface area (Å²) in [6.45, 7) is 0.274. The van der Waals surface area contributed by atoms with Crippen LogP contribution in [0.25, 0.3) is 23.0 Å². The quantitative estimate of drug-likeness (QED) is 0.631. The highest BCUT2D eigenvalue weighted by Gasteiger charge is 2.39. The lowest BCUT2D eigenvalue weighted by Crippen LogP contribution is -2.52. The van der Waals surface area contributed by atoms with Crippen molar-refractivity contribution >= 4 is 17.7 Å². The van der Waals surface area contributed by atoms with Crippen LogP contribution in [0.2, 0.25) is 0 Å². The Kier molecular flexibility index (Phi) is 4.46. The predicted octanol–water partition coefficient (Wildman–Crippen LogP) is 1.57. The number of pyridine rings is 1. The summed E-state index contributed by atoms with van der Waals surface area (Å²) in [4.78, 5) is 46.6. The standard InChI is InChI=1S/C21H17N5O5/c1-30-17-4-2-3-14(22-17)20-24-18(25-31-20)11-5-6-13-12(9-11)10-26(21(13)29)15-7-8-16(27)23-19(15)28/h2-6,9,15H,7-8,10H2,1H3,(H,23,27,28). The van der Waals surface area contributed by atoms with Gasteiger partial charge in [-0.15, -0.1) is 0 Å². The van der Waals surface area contributed by atoms with Gasteiger partial charge in [0.25, 0.3) is 11.8 Å². The molecule has 0 aliphatic carbocycles. The molecular weight excluding hydrogens is 402 g/mol. The van der Waals surface area contributed by atoms with E-state index in [-0.39, 0.29) is 30.7 Å². The van der Waals surface area contributed by atoms with E-state index in [1.165, 1.54) is 12.0 Å². The van der Waals surface area contributed by atoms with Crippen LogP contribution in [0.3, 0.4) is 0 Å². The molecule has 1 N–H and O–H groups in total. The molecule has 4 heterocycles. The Morgan fingerprint density at radius 3 is 2.84 bits per heavy atom. The average Bonchev–Trinajstić information content (AvgIpc) is 3.39. The van der Waals surface area contributed by atoms with Crippen LogP contribution in [0.15, 0.2) is 40.9 Å². The third-order valence-electron chi connectivity index (χ3n) is 5.36. The highest BCUT2D eigenvalue weighted by molar-refractivity contribution is 6.05. The van der Waals surface area contributed by atoms with Gasteiger partial charge < -0.3 is 14.2 Å². The van der Waals surface area contributed by atoms with Gasteiger partial charge >= 0.3 is 0 Å². The lowest BCUT2D eigenvalue weighted by molar-refractivity contribution is -0.136. The van der Waals surface area contributed by atoms with Crippen LogP contribution in [0.4, 0.5) is 0 Å². The number of hydrogen-bond acceptors (Lipinski definition) is 8. The molecule has 1 fully saturated rings. The molecule has 2 aliphatic heterocycles. The number of nitrogens with one attached hydrogen (secondary N) is 1. The normalized spacial score (nSPS) is 18.2. The number of benzene rings is 1. The Labute approximate surface area is 176 Å². The molecule has 10 heteroatoms. The van der Waals surface area contributed by atoms with Crippen molar-refractivity contribution in [3.05, 3.63) is 47.5 Å². The number of nitrogens with zero attached hydrogens (tertiary/aromatic N) is 4. The first-order valence-electron chi connectivity index (χ1n) is 9.66. The number of hydrogen-bond donors (Lipinski definition) is 1. The molecule has 156 valence electrons. The van der Waals surface area contributed by atoms with E-state index in [1.807, 2.05) is 6.07 Å². The molecule has 1 saturated heterocycles. The first-order chi connectivity index (χ1) is 15.0. The molecule has 10 nitrogen and oxygen atoms in total. The van der Waals surface area contributed by atoms with Crippen LogP contribution >= 0.6 is 0 Å². The monoisotopic (exact) mass is 419 g/mol. The third-order valence-corrected chi connectivity index (χ3v) is 5.36. The summed E-state index contributed by atoms with van der Waals surface area (Å²) in [5, 5.41) is 6.32. The number of rotatable bonds is 4. The minimum atomic E-state index is -0.656. The molecule has 0 radical (unpaired) electrons. The van der Waals surface area contributed by atoms with Crippen molar-refractivity contribution in [2.24, 2.45) is 0 Å². The summed E-state index contributed by atoms with van der Waals surface area (Å²) in [6.07, 6.45) is 0.532. The smallest absolute Gasteiger partial charge is 0.276 e. The number of fused-ring (bicyclic) bond motifs is 1. The first-order valence-corrected chi connectivity index (χ1v) is 9.66. The Bertz CT molecular complexity index is 1220. The molecule has 3 aromatic rings. The SMILES string of the molecule is COc1cccc(-c2nc(-c3ccc4c(c3)CN(C3CCC(=O)NC3=O)C4=O)no2)n1. The molecule has 3 amide bonds. The van der Waals surface area contributed by atoms with Crippen molar-refractivity contribution in [2.45, 2.75) is 25.4 Å². The predicted molar refractivity (Wildman–Crippen MR) is 106 cm³/mol. The van der Waals surface area contributed by atoms with Gasteiger partial charge in [-0.2, -0.15) is 4.98 Å². The van der Waals surface area contributed by atoms with Gasteiger partial charge in [0.15, 0.2) is 0 Å². The first kappa shape index (κ1) is 18.9. The minimum absolute atomic E-state index is 0.214. The summed E-state index contributed by atoms with van der Waals surface area (Å²) < 4.78 is 10.5. The lowest BCUT2D eigenvalue weighted by Gasteiger charge is -2.29. The molecule has 0 spiro atoms. The van der Waals surface area contributed by atoms with Crippen molar-refractivity contribution < 1.29 is 23.6 Å². The molecule has 31 heavy (non-hydrogen) atoms. The largest absolute Gasteiger partial charge is 0.481 e. The summed E-state index contributed by atoms with van der Waals surface area (Å²) in [5.41, 5.74) is 2.44. The molecule has 2 aliphatic rings. The number of ether oxygens (including phenoxy) is 1. The van der Waals surface area contributed by atoms with Gasteiger partial charge in [0.1, 0.15) is 11.7 Å². The molecular formula is C21H17N5O5. The van der Waals surface area contributed by atoms with Crippen LogP contribution in [-0.4, -0.2) is 50.9 Å². The van der Waals surface area contributed by atoms with E-state index in [0.29, 0.717) is 34.9 Å². The van der Waals surface area contributed by atoms with Crippen LogP contribution in [0, 0.1) is 0 Å². The molecule has 1 unspecified atom stereocenters. The van der Waals surface area contributed by atoms with Crippen LogP contribution < -0.4 is 10.1 Å². The number of imide groups is 1. The van der Waals surface area contributed by atoms with Crippen molar-refractivity contribution in [3.8, 4) is 28.9 Å². The Hall–Kier alpha value is -4.08. The van der Waals surface area contributed by atoms with E-state index in [4.69, 9.17) is 9.26 Å². The van der Waals surface area contributed by atoms with Gasteiger partial charge in [0, 0.05) is 30.2 Å². The molecule has 5 rings (SSSR count). The third kappa shape index (κ3) is 3.31. The number of methoxy groups -OCH3 is 1. The fraction of sp³-hybridized carbons (Fsp3) is 0.238. The Morgan fingerprint density at radius 2 is 2.03 bits per heavy atom. The topological polar surface area (TPSA) is 128 Å². The number of amides is 3. The summed E-state index contributed by atoms with van der Waals surface area (Å²) in [7, 11) is 1.52. The highest BCUT2D eigenvalue weighted by atomic mass is 16.5. The van der Waals surface area contributed by atoms with Gasteiger partial charge in [0.05, 0.1) is 7.11 Å². The second-order valence-electron chi connectivity index (χ2n) is 7.26. The van der Waals surface area contributed by atoms with Gasteiger partial charge in [-0.25, -0.2) is 4.98 Å². The van der Waals surface area contributed by atoms with Crippen molar-refractivity contribution in [3.63, 3.8) is 0 Å². The highest BCUT2D eigenvalue weighted by Crippen LogP contribution is 2.31. The van der Waals surface area contributed by atoms with Crippen LogP contribution in [-0.2, 0) is 16.1 Å². The lowest BCUT2D eigenvalue weighted by atomic mass is 10.0. The van der Waals surface area contributed by atoms with Crippen molar-refractivity contribution in [2.75, 3.05) is 7.11 Å². The van der Waals surface area contributed by atoms with Gasteiger partial charge in [0.2, 0.25) is 23.5 Å². The van der Waals surface area contributed by atoms with E-state index >= 15 is 0 Å². The van der Waals surface area contributed by atoms with E-state index < -0.39 is 11.9 Å². The number of carbonyl (C=O) groups excluding carboxylic acids is 3. The fourth-order valence-electron chi connectivity index (χ4n) is 3.81. The van der Waals surface area contributed by atoms with Gasteiger partial charge in [-0.1, -0.05) is 17.3 Å². The van der Waals surface area contributed by atoms with E-state index in [1.54, 1.807) is 30.3 Å². The van der Waals surface area contributed by atoms with Crippen molar-refractivity contribution in [1.29, 1.82) is 0 Å². The maximum atomic E-state index is 12.8. The van der Waals surface area contributed by atoms with E-state index in [2.05, 4.69) is 20.4 Å². The number of piperidine rings is 1. The van der Waals surface area contributed by atoms with Crippen molar-refractivity contribution in [1.82, 2.24) is 25.3 Å². The number of aromatic nitrogens is 3. The molecule has 0 bridgehead atoms. The second-order valence-corrected chi connectivity index (χ2v) is 7.26. The Morgan fingerprint density at radius 1 is 1.16 bits per heavy atom. The Balaban J connectivity index is 1.40. The fourth-order valence-corrected chi connectivity index (χ4v) is 3.81. The molecule has 0 saturated carbocycles. The minimum Gasteiger partial charge on any atom is -0.481 e.